The summed E-state index contributed by atoms with van der Waals surface area (Å²) in [5.74, 6) is -0.411. The maximum atomic E-state index is 12.6. The zero-order valence-corrected chi connectivity index (χ0v) is 16.7. The molecule has 0 fully saturated rings. The Hall–Kier alpha value is -2.34. The minimum absolute atomic E-state index is 0. The Kier molecular flexibility index (Phi) is 7.02. The number of amides is 1. The molecule has 0 saturated carbocycles. The lowest BCUT2D eigenvalue weighted by molar-refractivity contribution is 0.0949. The van der Waals surface area contributed by atoms with Gasteiger partial charge in [0.1, 0.15) is 5.56 Å². The first-order valence-electron chi connectivity index (χ1n) is 8.26. The highest BCUT2D eigenvalue weighted by molar-refractivity contribution is 6.31. The fourth-order valence-corrected chi connectivity index (χ4v) is 3.01. The maximum absolute atomic E-state index is 12.6. The lowest BCUT2D eigenvalue weighted by Gasteiger charge is -2.11. The van der Waals surface area contributed by atoms with E-state index in [4.69, 9.17) is 11.6 Å². The van der Waals surface area contributed by atoms with E-state index in [2.05, 4.69) is 15.2 Å². The third kappa shape index (κ3) is 5.10. The van der Waals surface area contributed by atoms with Crippen molar-refractivity contribution < 1.29 is 4.79 Å². The topological polar surface area (TPSA) is 65.2 Å². The Morgan fingerprint density at radius 1 is 1.15 bits per heavy atom. The van der Waals surface area contributed by atoms with Gasteiger partial charge in [-0.1, -0.05) is 35.9 Å². The number of halogens is 2. The van der Waals surface area contributed by atoms with Crippen molar-refractivity contribution in [1.29, 1.82) is 0 Å². The van der Waals surface area contributed by atoms with Crippen molar-refractivity contribution in [3.05, 3.63) is 80.6 Å². The summed E-state index contributed by atoms with van der Waals surface area (Å²) in [6, 6.07) is 13.0. The summed E-state index contributed by atoms with van der Waals surface area (Å²) >= 11 is 5.96. The van der Waals surface area contributed by atoms with Gasteiger partial charge in [0, 0.05) is 35.2 Å². The summed E-state index contributed by atoms with van der Waals surface area (Å²) in [4.78, 5) is 30.1. The average molecular weight is 406 g/mol. The van der Waals surface area contributed by atoms with Gasteiger partial charge in [-0.05, 0) is 43.4 Å². The van der Waals surface area contributed by atoms with Gasteiger partial charge in [0.05, 0.1) is 0 Å². The van der Waals surface area contributed by atoms with Crippen LogP contribution in [-0.2, 0) is 13.1 Å². The molecule has 0 atom stereocenters. The lowest BCUT2D eigenvalue weighted by atomic mass is 10.1. The molecular weight excluding hydrogens is 385 g/mol. The molecule has 142 valence electrons. The van der Waals surface area contributed by atoms with Crippen molar-refractivity contribution in [2.75, 3.05) is 14.1 Å². The average Bonchev–Trinajstić information content (AvgIpc) is 2.60. The molecule has 1 amide bonds. The molecule has 0 spiro atoms. The number of aromatic nitrogens is 1. The van der Waals surface area contributed by atoms with E-state index >= 15 is 0 Å². The summed E-state index contributed by atoms with van der Waals surface area (Å²) in [6.45, 7) is 1.18. The Morgan fingerprint density at radius 3 is 2.63 bits per heavy atom. The van der Waals surface area contributed by atoms with E-state index in [0.717, 1.165) is 12.1 Å². The molecule has 3 rings (SSSR count). The summed E-state index contributed by atoms with van der Waals surface area (Å²) < 4.78 is 0. The van der Waals surface area contributed by atoms with Crippen LogP contribution in [0.15, 0.2) is 53.5 Å². The fourth-order valence-electron chi connectivity index (χ4n) is 2.84. The monoisotopic (exact) mass is 405 g/mol. The van der Waals surface area contributed by atoms with Crippen molar-refractivity contribution in [3.8, 4) is 0 Å². The normalized spacial score (nSPS) is 10.7. The number of fused-ring (bicyclic) bond motifs is 1. The molecule has 2 N–H and O–H groups in total. The second-order valence-electron chi connectivity index (χ2n) is 6.46. The van der Waals surface area contributed by atoms with Crippen LogP contribution in [0.1, 0.15) is 21.5 Å². The first-order chi connectivity index (χ1) is 12.4. The number of pyridine rings is 1. The highest BCUT2D eigenvalue weighted by atomic mass is 35.5. The van der Waals surface area contributed by atoms with E-state index in [1.807, 2.05) is 38.4 Å². The Balaban J connectivity index is 0.00000261. The molecule has 2 aromatic carbocycles. The lowest BCUT2D eigenvalue weighted by Crippen LogP contribution is -2.28. The van der Waals surface area contributed by atoms with Gasteiger partial charge < -0.3 is 15.2 Å². The van der Waals surface area contributed by atoms with E-state index in [9.17, 15) is 9.59 Å². The van der Waals surface area contributed by atoms with Gasteiger partial charge in [0.2, 0.25) is 5.43 Å². The van der Waals surface area contributed by atoms with Crippen LogP contribution in [0.3, 0.4) is 0 Å². The standard InChI is InChI=1S/C20H20ClN3O2.ClH/c1-24(2)12-14-5-3-4-13(8-14)10-23-20(26)17-11-22-18-7-6-15(21)9-16(18)19(17)25;/h3-9,11H,10,12H2,1-2H3,(H,22,25)(H,23,26);1H. The quantitative estimate of drug-likeness (QED) is 0.681. The van der Waals surface area contributed by atoms with Crippen LogP contribution in [0.25, 0.3) is 10.9 Å². The molecule has 1 aromatic heterocycles. The van der Waals surface area contributed by atoms with E-state index in [-0.39, 0.29) is 23.4 Å². The second kappa shape index (κ2) is 9.04. The maximum Gasteiger partial charge on any atom is 0.257 e. The van der Waals surface area contributed by atoms with Crippen LogP contribution in [0.2, 0.25) is 5.02 Å². The number of rotatable bonds is 5. The highest BCUT2D eigenvalue weighted by Gasteiger charge is 2.13. The number of nitrogens with one attached hydrogen (secondary N) is 2. The molecule has 7 heteroatoms. The molecule has 0 aliphatic heterocycles. The molecule has 3 aromatic rings. The van der Waals surface area contributed by atoms with Crippen molar-refractivity contribution in [2.24, 2.45) is 0 Å². The Labute approximate surface area is 168 Å². The smallest absolute Gasteiger partial charge is 0.257 e. The van der Waals surface area contributed by atoms with Crippen LogP contribution in [0, 0.1) is 0 Å². The van der Waals surface area contributed by atoms with Crippen molar-refractivity contribution in [1.82, 2.24) is 15.2 Å². The number of benzene rings is 2. The zero-order chi connectivity index (χ0) is 18.7. The summed E-state index contributed by atoms with van der Waals surface area (Å²) in [6.07, 6.45) is 1.44. The number of carbonyl (C=O) groups excluding carboxylic acids is 1. The third-order valence-electron chi connectivity index (χ3n) is 4.03. The number of carbonyl (C=O) groups is 1. The van der Waals surface area contributed by atoms with Crippen LogP contribution in [-0.4, -0.2) is 29.9 Å². The molecule has 27 heavy (non-hydrogen) atoms. The minimum atomic E-state index is -0.411. The van der Waals surface area contributed by atoms with Crippen LogP contribution in [0.5, 0.6) is 0 Å². The molecule has 0 radical (unpaired) electrons. The van der Waals surface area contributed by atoms with Crippen LogP contribution < -0.4 is 10.7 Å². The van der Waals surface area contributed by atoms with Gasteiger partial charge in [0.25, 0.3) is 5.91 Å². The van der Waals surface area contributed by atoms with Crippen LogP contribution in [0.4, 0.5) is 0 Å². The summed E-state index contributed by atoms with van der Waals surface area (Å²) in [5, 5.41) is 3.67. The first kappa shape index (κ1) is 21.0. The van der Waals surface area contributed by atoms with Crippen molar-refractivity contribution >= 4 is 40.8 Å². The molecule has 0 bridgehead atoms. The number of hydrogen-bond acceptors (Lipinski definition) is 3. The van der Waals surface area contributed by atoms with Gasteiger partial charge in [-0.15, -0.1) is 12.4 Å². The van der Waals surface area contributed by atoms with E-state index in [1.165, 1.54) is 11.8 Å². The van der Waals surface area contributed by atoms with Crippen LogP contribution >= 0.6 is 24.0 Å². The van der Waals surface area contributed by atoms with Gasteiger partial charge in [-0.25, -0.2) is 0 Å². The number of nitrogens with zero attached hydrogens (tertiary/aromatic N) is 1. The molecule has 1 heterocycles. The summed E-state index contributed by atoms with van der Waals surface area (Å²) in [5.41, 5.74) is 2.54. The highest BCUT2D eigenvalue weighted by Crippen LogP contribution is 2.15. The molecule has 0 aliphatic carbocycles. The molecule has 0 unspecified atom stereocenters. The largest absolute Gasteiger partial charge is 0.360 e. The van der Waals surface area contributed by atoms with E-state index < -0.39 is 5.91 Å². The Bertz CT molecular complexity index is 1020. The van der Waals surface area contributed by atoms with E-state index in [1.54, 1.807) is 18.2 Å². The molecule has 0 aliphatic rings. The molecule has 0 saturated heterocycles. The number of hydrogen-bond donors (Lipinski definition) is 2. The predicted octanol–water partition coefficient (Wildman–Crippen LogP) is 3.59. The molecule has 5 nitrogen and oxygen atoms in total. The SMILES string of the molecule is CN(C)Cc1cccc(CNC(=O)c2c[nH]c3ccc(Cl)cc3c2=O)c1.Cl. The molecular formula is C20H21Cl2N3O2. The van der Waals surface area contributed by atoms with Gasteiger partial charge in [-0.3, -0.25) is 9.59 Å². The number of aromatic amines is 1. The van der Waals surface area contributed by atoms with E-state index in [0.29, 0.717) is 22.5 Å². The fraction of sp³-hybridized carbons (Fsp3) is 0.200. The minimum Gasteiger partial charge on any atom is -0.360 e. The van der Waals surface area contributed by atoms with Crippen molar-refractivity contribution in [3.63, 3.8) is 0 Å². The van der Waals surface area contributed by atoms with Gasteiger partial charge in [-0.2, -0.15) is 0 Å². The predicted molar refractivity (Wildman–Crippen MR) is 112 cm³/mol. The third-order valence-corrected chi connectivity index (χ3v) is 4.27. The Morgan fingerprint density at radius 2 is 1.89 bits per heavy atom. The zero-order valence-electron chi connectivity index (χ0n) is 15.1. The second-order valence-corrected chi connectivity index (χ2v) is 6.90. The van der Waals surface area contributed by atoms with Gasteiger partial charge in [0.15, 0.2) is 0 Å². The van der Waals surface area contributed by atoms with Gasteiger partial charge >= 0.3 is 0 Å². The number of H-pyrrole nitrogens is 1. The first-order valence-corrected chi connectivity index (χ1v) is 8.63. The van der Waals surface area contributed by atoms with Crippen molar-refractivity contribution in [2.45, 2.75) is 13.1 Å². The summed E-state index contributed by atoms with van der Waals surface area (Å²) in [7, 11) is 4.01.